The van der Waals surface area contributed by atoms with E-state index in [1.165, 1.54) is 11.8 Å². The standard InChI is InChI=1S/C31H55N11O10/c1-14(2)22(28(49)41-23(15(3)4)29(50)42-11-7-9-20(42)30(51)52)40-24(45)16(5)37-26(47)18(12-21(33)44)38-27(48)19(13-43)39-25(46)17(32)8-6-10-36-31(34)35/h14-20,22-23,43H,6-13,32H2,1-5H3,(H2,33,44)(H,37,47)(H,38,48)(H,39,46)(H,40,45)(H,41,49)(H,51,52)(H4,34,35,36)/t16-,17-,18-,19-,20-,22-,23-/m0/s1. The number of aliphatic hydroxyl groups excluding tert-OH is 1. The van der Waals surface area contributed by atoms with E-state index < -0.39 is 114 Å². The minimum Gasteiger partial charge on any atom is -0.480 e. The highest BCUT2D eigenvalue weighted by atomic mass is 16.4. The Balaban J connectivity index is 2.95. The van der Waals surface area contributed by atoms with Crippen molar-refractivity contribution in [3.8, 4) is 0 Å². The Bertz CT molecular complexity index is 1340. The summed E-state index contributed by atoms with van der Waals surface area (Å²) in [5.41, 5.74) is 21.6. The molecule has 0 aromatic heterocycles. The molecule has 1 fully saturated rings. The van der Waals surface area contributed by atoms with Crippen molar-refractivity contribution in [2.24, 2.45) is 39.8 Å². The third-order valence-electron chi connectivity index (χ3n) is 8.21. The Morgan fingerprint density at radius 3 is 1.85 bits per heavy atom. The maximum atomic E-state index is 13.4. The maximum Gasteiger partial charge on any atom is 0.326 e. The molecule has 52 heavy (non-hydrogen) atoms. The summed E-state index contributed by atoms with van der Waals surface area (Å²) in [5, 5.41) is 31.2. The highest BCUT2D eigenvalue weighted by molar-refractivity contribution is 5.98. The van der Waals surface area contributed by atoms with Gasteiger partial charge in [0, 0.05) is 13.1 Å². The van der Waals surface area contributed by atoms with Gasteiger partial charge in [-0.1, -0.05) is 27.7 Å². The van der Waals surface area contributed by atoms with Crippen LogP contribution >= 0.6 is 0 Å². The summed E-state index contributed by atoms with van der Waals surface area (Å²) in [6.07, 6.45) is 0.537. The highest BCUT2D eigenvalue weighted by Crippen LogP contribution is 2.20. The van der Waals surface area contributed by atoms with Crippen molar-refractivity contribution >= 4 is 53.3 Å². The Kier molecular flexibility index (Phi) is 18.5. The second-order valence-corrected chi connectivity index (χ2v) is 13.2. The summed E-state index contributed by atoms with van der Waals surface area (Å²) < 4.78 is 0. The van der Waals surface area contributed by atoms with E-state index in [4.69, 9.17) is 22.9 Å². The minimum absolute atomic E-state index is 0.135. The zero-order chi connectivity index (χ0) is 39.9. The van der Waals surface area contributed by atoms with E-state index in [0.29, 0.717) is 12.8 Å². The third kappa shape index (κ3) is 14.3. The predicted molar refractivity (Wildman–Crippen MR) is 186 cm³/mol. The summed E-state index contributed by atoms with van der Waals surface area (Å²) in [6, 6.07) is -8.92. The molecule has 0 aliphatic carbocycles. The number of carbonyl (C=O) groups excluding carboxylic acids is 7. The molecule has 7 atom stereocenters. The Morgan fingerprint density at radius 1 is 0.769 bits per heavy atom. The van der Waals surface area contributed by atoms with Gasteiger partial charge in [0.05, 0.1) is 19.1 Å². The lowest BCUT2D eigenvalue weighted by Gasteiger charge is -2.31. The van der Waals surface area contributed by atoms with Gasteiger partial charge in [0.2, 0.25) is 41.4 Å². The largest absolute Gasteiger partial charge is 0.480 e. The summed E-state index contributed by atoms with van der Waals surface area (Å²) >= 11 is 0. The molecule has 0 aromatic carbocycles. The maximum absolute atomic E-state index is 13.4. The zero-order valence-electron chi connectivity index (χ0n) is 30.2. The van der Waals surface area contributed by atoms with Crippen LogP contribution in [-0.4, -0.2) is 130 Å². The SMILES string of the molecule is CC(C)[C@H](NC(=O)[C@H](C)NC(=O)[C@H](CC(N)=O)NC(=O)[C@H](CO)NC(=O)[C@@H](N)CCCN=C(N)N)C(=O)N[C@H](C(=O)N1CCC[C@H]1C(=O)O)C(C)C. The molecular weight excluding hydrogens is 686 g/mol. The van der Waals surface area contributed by atoms with Crippen LogP contribution in [-0.2, 0) is 38.4 Å². The van der Waals surface area contributed by atoms with Crippen LogP contribution in [0.1, 0.15) is 66.7 Å². The van der Waals surface area contributed by atoms with E-state index in [0.717, 1.165) is 0 Å². The first-order valence-corrected chi connectivity index (χ1v) is 17.0. The van der Waals surface area contributed by atoms with Crippen LogP contribution in [0, 0.1) is 11.8 Å². The lowest BCUT2D eigenvalue weighted by molar-refractivity contribution is -0.150. The number of likely N-dealkylation sites (tertiary alicyclic amines) is 1. The molecule has 1 aliphatic heterocycles. The van der Waals surface area contributed by atoms with Crippen molar-refractivity contribution < 1.29 is 48.6 Å². The van der Waals surface area contributed by atoms with Crippen LogP contribution in [0.5, 0.6) is 0 Å². The number of nitrogens with two attached hydrogens (primary N) is 4. The zero-order valence-corrected chi connectivity index (χ0v) is 30.2. The quantitative estimate of drug-likeness (QED) is 0.0299. The van der Waals surface area contributed by atoms with Gasteiger partial charge in [-0.05, 0) is 44.4 Å². The third-order valence-corrected chi connectivity index (χ3v) is 8.21. The number of amides is 7. The number of carbonyl (C=O) groups is 8. The van der Waals surface area contributed by atoms with Crippen molar-refractivity contribution in [1.29, 1.82) is 0 Å². The number of aliphatic hydroxyl groups is 1. The van der Waals surface area contributed by atoms with E-state index in [-0.39, 0.29) is 31.9 Å². The number of aliphatic carboxylic acids is 1. The molecule has 0 unspecified atom stereocenters. The summed E-state index contributed by atoms with van der Waals surface area (Å²) in [7, 11) is 0. The normalized spacial score (nSPS) is 17.5. The van der Waals surface area contributed by atoms with Crippen molar-refractivity contribution in [3.63, 3.8) is 0 Å². The van der Waals surface area contributed by atoms with Crippen LogP contribution in [0.15, 0.2) is 4.99 Å². The Labute approximate surface area is 301 Å². The van der Waals surface area contributed by atoms with Gasteiger partial charge in [0.15, 0.2) is 5.96 Å². The van der Waals surface area contributed by atoms with Crippen LogP contribution in [0.25, 0.3) is 0 Å². The van der Waals surface area contributed by atoms with E-state index >= 15 is 0 Å². The Hall–Kier alpha value is -5.05. The topological polar surface area (TPSA) is 357 Å². The minimum atomic E-state index is -1.64. The molecule has 1 rings (SSSR count). The number of carboxylic acids is 1. The molecule has 0 bridgehead atoms. The van der Waals surface area contributed by atoms with Gasteiger partial charge in [0.1, 0.15) is 36.3 Å². The second-order valence-electron chi connectivity index (χ2n) is 13.2. The summed E-state index contributed by atoms with van der Waals surface area (Å²) in [4.78, 5) is 107. The number of carboxylic acid groups (broad SMARTS) is 1. The van der Waals surface area contributed by atoms with Gasteiger partial charge in [-0.25, -0.2) is 4.79 Å². The van der Waals surface area contributed by atoms with Crippen LogP contribution in [0.4, 0.5) is 0 Å². The van der Waals surface area contributed by atoms with Crippen LogP contribution in [0.3, 0.4) is 0 Å². The average molecular weight is 742 g/mol. The first-order chi connectivity index (χ1) is 24.2. The molecule has 21 nitrogen and oxygen atoms in total. The van der Waals surface area contributed by atoms with Gasteiger partial charge < -0.3 is 64.6 Å². The van der Waals surface area contributed by atoms with Crippen molar-refractivity contribution in [1.82, 2.24) is 31.5 Å². The van der Waals surface area contributed by atoms with Gasteiger partial charge in [-0.3, -0.25) is 38.6 Å². The molecule has 15 N–H and O–H groups in total. The predicted octanol–water partition coefficient (Wildman–Crippen LogP) is -4.93. The van der Waals surface area contributed by atoms with Crippen molar-refractivity contribution in [3.05, 3.63) is 0 Å². The number of hydrogen-bond acceptors (Lipinski definition) is 11. The van der Waals surface area contributed by atoms with E-state index in [1.54, 1.807) is 27.7 Å². The molecule has 1 saturated heterocycles. The fourth-order valence-corrected chi connectivity index (χ4v) is 5.22. The molecule has 7 amide bonds. The van der Waals surface area contributed by atoms with Gasteiger partial charge in [0.25, 0.3) is 0 Å². The monoisotopic (exact) mass is 741 g/mol. The summed E-state index contributed by atoms with van der Waals surface area (Å²) in [6.45, 7) is 7.43. The van der Waals surface area contributed by atoms with Crippen LogP contribution in [0.2, 0.25) is 0 Å². The van der Waals surface area contributed by atoms with Crippen molar-refractivity contribution in [2.45, 2.75) is 109 Å². The number of rotatable bonds is 21. The van der Waals surface area contributed by atoms with E-state index in [2.05, 4.69) is 31.6 Å². The second kappa shape index (κ2) is 21.3. The highest BCUT2D eigenvalue weighted by Gasteiger charge is 2.40. The molecule has 1 aliphatic rings. The molecule has 0 spiro atoms. The van der Waals surface area contributed by atoms with Crippen LogP contribution < -0.4 is 49.5 Å². The first kappa shape index (κ1) is 45.0. The van der Waals surface area contributed by atoms with Gasteiger partial charge >= 0.3 is 5.97 Å². The fourth-order valence-electron chi connectivity index (χ4n) is 5.22. The molecule has 0 radical (unpaired) electrons. The van der Waals surface area contributed by atoms with Gasteiger partial charge in [-0.2, -0.15) is 0 Å². The number of primary amides is 1. The number of nitrogens with one attached hydrogen (secondary N) is 5. The summed E-state index contributed by atoms with van der Waals surface area (Å²) in [5.74, 6) is -8.21. The molecule has 1 heterocycles. The lowest BCUT2D eigenvalue weighted by Crippen LogP contribution is -2.61. The molecule has 294 valence electrons. The molecule has 0 aromatic rings. The van der Waals surface area contributed by atoms with E-state index in [9.17, 15) is 48.6 Å². The number of nitrogens with zero attached hydrogens (tertiary/aromatic N) is 2. The van der Waals surface area contributed by atoms with E-state index in [1.807, 2.05) is 0 Å². The lowest BCUT2D eigenvalue weighted by atomic mass is 9.98. The number of hydrogen-bond donors (Lipinski definition) is 11. The fraction of sp³-hybridized carbons (Fsp3) is 0.710. The smallest absolute Gasteiger partial charge is 0.326 e. The Morgan fingerprint density at radius 2 is 1.33 bits per heavy atom. The van der Waals surface area contributed by atoms with Gasteiger partial charge in [-0.15, -0.1) is 0 Å². The molecule has 0 saturated carbocycles. The molecular formula is C31H55N11O10. The average Bonchev–Trinajstić information content (AvgIpc) is 3.55. The first-order valence-electron chi connectivity index (χ1n) is 17.0. The number of aliphatic imine (C=N–C) groups is 1. The van der Waals surface area contributed by atoms with Crippen molar-refractivity contribution in [2.75, 3.05) is 19.7 Å². The number of guanidine groups is 1. The molecule has 21 heteroatoms.